The summed E-state index contributed by atoms with van der Waals surface area (Å²) in [5.74, 6) is 0. The van der Waals surface area contributed by atoms with E-state index in [-0.39, 0.29) is 5.54 Å². The molecule has 16 heavy (non-hydrogen) atoms. The Morgan fingerprint density at radius 3 is 3.19 bits per heavy atom. The molecule has 2 saturated heterocycles. The second kappa shape index (κ2) is 5.13. The fourth-order valence-electron chi connectivity index (χ4n) is 2.95. The highest BCUT2D eigenvalue weighted by Gasteiger charge is 2.41. The molecule has 0 spiro atoms. The van der Waals surface area contributed by atoms with Crippen molar-refractivity contribution in [3.63, 3.8) is 0 Å². The van der Waals surface area contributed by atoms with Crippen LogP contribution in [0.5, 0.6) is 0 Å². The van der Waals surface area contributed by atoms with Gasteiger partial charge in [0.15, 0.2) is 0 Å². The summed E-state index contributed by atoms with van der Waals surface area (Å²) in [4.78, 5) is 2.54. The maximum absolute atomic E-state index is 9.39. The van der Waals surface area contributed by atoms with Crippen molar-refractivity contribution in [2.75, 3.05) is 33.4 Å². The quantitative estimate of drug-likeness (QED) is 0.714. The van der Waals surface area contributed by atoms with Crippen molar-refractivity contribution in [3.8, 4) is 6.07 Å². The Bertz CT molecular complexity index is 276. The van der Waals surface area contributed by atoms with E-state index in [2.05, 4.69) is 16.3 Å². The van der Waals surface area contributed by atoms with Crippen LogP contribution in [-0.4, -0.2) is 49.8 Å². The zero-order chi connectivity index (χ0) is 11.4. The molecule has 2 aliphatic heterocycles. The molecule has 0 radical (unpaired) electrons. The molecule has 0 aliphatic carbocycles. The van der Waals surface area contributed by atoms with Crippen LogP contribution >= 0.6 is 0 Å². The van der Waals surface area contributed by atoms with E-state index >= 15 is 0 Å². The Balaban J connectivity index is 1.92. The second-order valence-corrected chi connectivity index (χ2v) is 4.90. The largest absolute Gasteiger partial charge is 0.383 e. The molecule has 0 amide bonds. The van der Waals surface area contributed by atoms with E-state index < -0.39 is 0 Å². The summed E-state index contributed by atoms with van der Waals surface area (Å²) in [6.45, 7) is 3.75. The number of hydrogen-bond acceptors (Lipinski definition) is 4. The molecule has 4 nitrogen and oxygen atoms in total. The number of nitrogens with zero attached hydrogens (tertiary/aromatic N) is 2. The first-order valence-electron chi connectivity index (χ1n) is 6.19. The van der Waals surface area contributed by atoms with Gasteiger partial charge in [0.2, 0.25) is 0 Å². The van der Waals surface area contributed by atoms with Crippen LogP contribution in [0.3, 0.4) is 0 Å². The van der Waals surface area contributed by atoms with Gasteiger partial charge in [0.25, 0.3) is 0 Å². The van der Waals surface area contributed by atoms with E-state index in [1.807, 2.05) is 0 Å². The van der Waals surface area contributed by atoms with Gasteiger partial charge in [0, 0.05) is 26.2 Å². The molecular weight excluding hydrogens is 202 g/mol. The Hall–Kier alpha value is -0.630. The van der Waals surface area contributed by atoms with Crippen molar-refractivity contribution >= 4 is 0 Å². The molecule has 1 N–H and O–H groups in total. The molecule has 0 aromatic heterocycles. The lowest BCUT2D eigenvalue weighted by Crippen LogP contribution is -2.55. The third kappa shape index (κ3) is 2.37. The Labute approximate surface area is 97.6 Å². The summed E-state index contributed by atoms with van der Waals surface area (Å²) in [6.07, 6.45) is 4.48. The van der Waals surface area contributed by atoms with Crippen molar-refractivity contribution in [2.45, 2.75) is 37.3 Å². The minimum Gasteiger partial charge on any atom is -0.383 e. The smallest absolute Gasteiger partial charge is 0.109 e. The van der Waals surface area contributed by atoms with Gasteiger partial charge < -0.3 is 9.64 Å². The van der Waals surface area contributed by atoms with Crippen molar-refractivity contribution in [1.82, 2.24) is 10.2 Å². The van der Waals surface area contributed by atoms with Crippen LogP contribution in [0.2, 0.25) is 0 Å². The number of rotatable bonds is 4. The van der Waals surface area contributed by atoms with Crippen LogP contribution in [0, 0.1) is 11.3 Å². The molecular formula is C12H21N3O. The summed E-state index contributed by atoms with van der Waals surface area (Å²) in [7, 11) is 1.69. The Kier molecular flexibility index (Phi) is 3.80. The lowest BCUT2D eigenvalue weighted by molar-refractivity contribution is 0.125. The molecule has 4 heteroatoms. The van der Waals surface area contributed by atoms with Gasteiger partial charge in [-0.1, -0.05) is 0 Å². The van der Waals surface area contributed by atoms with Crippen LogP contribution in [0.1, 0.15) is 25.7 Å². The van der Waals surface area contributed by atoms with Crippen LogP contribution in [0.4, 0.5) is 0 Å². The standard InChI is InChI=1S/C12H21N3O/c1-16-8-5-14-12(10-13)4-7-15-6-2-3-11(15)9-12/h11,14H,2-9H2,1H3. The van der Waals surface area contributed by atoms with E-state index in [4.69, 9.17) is 4.74 Å². The Morgan fingerprint density at radius 1 is 1.56 bits per heavy atom. The van der Waals surface area contributed by atoms with Gasteiger partial charge in [-0.2, -0.15) is 5.26 Å². The van der Waals surface area contributed by atoms with E-state index in [0.717, 1.165) is 25.9 Å². The predicted molar refractivity (Wildman–Crippen MR) is 62.1 cm³/mol. The van der Waals surface area contributed by atoms with Crippen molar-refractivity contribution in [1.29, 1.82) is 5.26 Å². The molecule has 2 rings (SSSR count). The van der Waals surface area contributed by atoms with E-state index in [9.17, 15) is 5.26 Å². The molecule has 0 aromatic carbocycles. The summed E-state index contributed by atoms with van der Waals surface area (Å²) >= 11 is 0. The number of fused-ring (bicyclic) bond motifs is 1. The maximum Gasteiger partial charge on any atom is 0.109 e. The fraction of sp³-hybridized carbons (Fsp3) is 0.917. The highest BCUT2D eigenvalue weighted by Crippen LogP contribution is 2.32. The number of ether oxygens (including phenoxy) is 1. The third-order valence-electron chi connectivity index (χ3n) is 3.89. The normalized spacial score (nSPS) is 34.6. The van der Waals surface area contributed by atoms with E-state index in [0.29, 0.717) is 12.6 Å². The highest BCUT2D eigenvalue weighted by atomic mass is 16.5. The summed E-state index contributed by atoms with van der Waals surface area (Å²) in [6, 6.07) is 3.12. The fourth-order valence-corrected chi connectivity index (χ4v) is 2.95. The van der Waals surface area contributed by atoms with E-state index in [1.54, 1.807) is 7.11 Å². The molecule has 0 bridgehead atoms. The van der Waals surface area contributed by atoms with Gasteiger partial charge in [-0.3, -0.25) is 5.32 Å². The van der Waals surface area contributed by atoms with Crippen molar-refractivity contribution < 1.29 is 4.74 Å². The van der Waals surface area contributed by atoms with E-state index in [1.165, 1.54) is 19.4 Å². The summed E-state index contributed by atoms with van der Waals surface area (Å²) < 4.78 is 5.03. The first-order valence-corrected chi connectivity index (χ1v) is 6.19. The lowest BCUT2D eigenvalue weighted by atomic mass is 9.84. The molecule has 2 unspecified atom stereocenters. The van der Waals surface area contributed by atoms with Gasteiger partial charge in [0.05, 0.1) is 12.7 Å². The molecule has 2 atom stereocenters. The maximum atomic E-state index is 9.39. The van der Waals surface area contributed by atoms with Crippen molar-refractivity contribution in [3.05, 3.63) is 0 Å². The van der Waals surface area contributed by atoms with Gasteiger partial charge in [0.1, 0.15) is 5.54 Å². The summed E-state index contributed by atoms with van der Waals surface area (Å²) in [5.41, 5.74) is -0.302. The minimum absolute atomic E-state index is 0.302. The molecule has 0 saturated carbocycles. The van der Waals surface area contributed by atoms with Crippen LogP contribution in [0.15, 0.2) is 0 Å². The topological polar surface area (TPSA) is 48.3 Å². The van der Waals surface area contributed by atoms with Crippen LogP contribution in [0.25, 0.3) is 0 Å². The minimum atomic E-state index is -0.302. The zero-order valence-electron chi connectivity index (χ0n) is 10.0. The number of hydrogen-bond donors (Lipinski definition) is 1. The van der Waals surface area contributed by atoms with Gasteiger partial charge >= 0.3 is 0 Å². The predicted octanol–water partition coefficient (Wildman–Crippen LogP) is 0.743. The molecule has 2 fully saturated rings. The SMILES string of the molecule is COCCNC1(C#N)CCN2CCCC2C1. The average molecular weight is 223 g/mol. The number of nitrogens with one attached hydrogen (secondary N) is 1. The van der Waals surface area contributed by atoms with Gasteiger partial charge in [-0.05, 0) is 32.2 Å². The van der Waals surface area contributed by atoms with Crippen molar-refractivity contribution in [2.24, 2.45) is 0 Å². The summed E-state index contributed by atoms with van der Waals surface area (Å²) in [5, 5.41) is 12.8. The van der Waals surface area contributed by atoms with Gasteiger partial charge in [-0.15, -0.1) is 0 Å². The van der Waals surface area contributed by atoms with Crippen LogP contribution in [-0.2, 0) is 4.74 Å². The number of nitriles is 1. The van der Waals surface area contributed by atoms with Crippen LogP contribution < -0.4 is 5.32 Å². The zero-order valence-corrected chi connectivity index (χ0v) is 10.0. The second-order valence-electron chi connectivity index (χ2n) is 4.90. The first kappa shape index (κ1) is 11.8. The highest BCUT2D eigenvalue weighted by molar-refractivity contribution is 5.12. The molecule has 2 aliphatic rings. The monoisotopic (exact) mass is 223 g/mol. The molecule has 2 heterocycles. The lowest BCUT2D eigenvalue weighted by Gasteiger charge is -2.40. The number of methoxy groups -OCH3 is 1. The number of piperidine rings is 1. The first-order chi connectivity index (χ1) is 7.79. The van der Waals surface area contributed by atoms with Gasteiger partial charge in [-0.25, -0.2) is 0 Å². The third-order valence-corrected chi connectivity index (χ3v) is 3.89. The molecule has 0 aromatic rings. The molecule has 90 valence electrons. The average Bonchev–Trinajstić information content (AvgIpc) is 2.76. The Morgan fingerprint density at radius 2 is 2.44 bits per heavy atom.